The second-order valence-corrected chi connectivity index (χ2v) is 12.7. The van der Waals surface area contributed by atoms with Crippen molar-refractivity contribution < 1.29 is 14.0 Å². The number of carbonyl (C=O) groups is 2. The fourth-order valence-electron chi connectivity index (χ4n) is 6.96. The normalized spacial score (nSPS) is 19.5. The molecule has 44 heavy (non-hydrogen) atoms. The lowest BCUT2D eigenvalue weighted by Crippen LogP contribution is -2.48. The van der Waals surface area contributed by atoms with Crippen LogP contribution in [0.1, 0.15) is 98.2 Å². The molecule has 6 rings (SSSR count). The van der Waals surface area contributed by atoms with Crippen LogP contribution in [0.15, 0.2) is 28.7 Å². The number of hydrogen-bond donors (Lipinski definition) is 2. The zero-order valence-corrected chi connectivity index (χ0v) is 25.8. The molecule has 1 atom stereocenters. The average molecular weight is 601 g/mol. The number of benzene rings is 1. The Labute approximate surface area is 259 Å². The number of likely N-dealkylation sites (N-methyl/N-ethyl adjacent to an activating group) is 1. The van der Waals surface area contributed by atoms with Crippen molar-refractivity contribution in [3.8, 4) is 6.07 Å². The number of rotatable bonds is 9. The topological polar surface area (TPSA) is 132 Å². The molecule has 1 unspecified atom stereocenters. The predicted molar refractivity (Wildman–Crippen MR) is 167 cm³/mol. The lowest BCUT2D eigenvalue weighted by molar-refractivity contribution is -0.122. The monoisotopic (exact) mass is 600 g/mol. The zero-order chi connectivity index (χ0) is 30.5. The van der Waals surface area contributed by atoms with Crippen LogP contribution in [0.3, 0.4) is 0 Å². The van der Waals surface area contributed by atoms with Crippen molar-refractivity contribution in [1.82, 2.24) is 30.3 Å². The maximum atomic E-state index is 13.9. The molecule has 11 nitrogen and oxygen atoms in total. The van der Waals surface area contributed by atoms with Gasteiger partial charge < -0.3 is 24.9 Å². The molecule has 2 amide bonds. The van der Waals surface area contributed by atoms with E-state index in [2.05, 4.69) is 38.5 Å². The van der Waals surface area contributed by atoms with Gasteiger partial charge in [0.1, 0.15) is 23.8 Å². The standard InChI is InChI=1S/C33H44N8O3/c1-39-16-18-40(19-17-39)25-12-13-26-30(20-25)44-31(36-26)22-28(32(42)35-15-14-34)37-33(43)29-21-27(23-8-4-2-5-9-23)38-41(29)24-10-6-3-7-11-24/h12-13,20-21,23-24,28H,2-11,15-19,22H2,1H3,(H,35,42)(H,37,43). The van der Waals surface area contributed by atoms with Crippen LogP contribution in [0.2, 0.25) is 0 Å². The molecular weight excluding hydrogens is 556 g/mol. The van der Waals surface area contributed by atoms with E-state index in [0.29, 0.717) is 28.6 Å². The predicted octanol–water partition coefficient (Wildman–Crippen LogP) is 4.31. The largest absolute Gasteiger partial charge is 0.441 e. The van der Waals surface area contributed by atoms with Crippen LogP contribution >= 0.6 is 0 Å². The fourth-order valence-corrected chi connectivity index (χ4v) is 6.96. The highest BCUT2D eigenvalue weighted by molar-refractivity contribution is 5.96. The number of nitrogens with one attached hydrogen (secondary N) is 2. The second-order valence-electron chi connectivity index (χ2n) is 12.7. The Morgan fingerprint density at radius 1 is 1.02 bits per heavy atom. The molecule has 3 aromatic rings. The molecule has 1 aromatic carbocycles. The molecule has 2 N–H and O–H groups in total. The summed E-state index contributed by atoms with van der Waals surface area (Å²) in [6.45, 7) is 3.73. The second kappa shape index (κ2) is 13.8. The van der Waals surface area contributed by atoms with Gasteiger partial charge in [-0.25, -0.2) is 4.98 Å². The van der Waals surface area contributed by atoms with Gasteiger partial charge in [0, 0.05) is 43.9 Å². The first-order chi connectivity index (χ1) is 21.5. The summed E-state index contributed by atoms with van der Waals surface area (Å²) in [4.78, 5) is 36.4. The lowest BCUT2D eigenvalue weighted by Gasteiger charge is -2.33. The Morgan fingerprint density at radius 2 is 1.75 bits per heavy atom. The van der Waals surface area contributed by atoms with E-state index in [1.54, 1.807) is 0 Å². The zero-order valence-electron chi connectivity index (χ0n) is 25.8. The Bertz CT molecular complexity index is 1490. The van der Waals surface area contributed by atoms with Gasteiger partial charge in [-0.1, -0.05) is 38.5 Å². The Balaban J connectivity index is 1.23. The summed E-state index contributed by atoms with van der Waals surface area (Å²) in [5.41, 5.74) is 3.92. The number of hydrogen-bond acceptors (Lipinski definition) is 8. The number of nitriles is 1. The van der Waals surface area contributed by atoms with Crippen molar-refractivity contribution in [3.05, 3.63) is 41.5 Å². The van der Waals surface area contributed by atoms with E-state index in [1.165, 1.54) is 25.7 Å². The van der Waals surface area contributed by atoms with Gasteiger partial charge in [-0.3, -0.25) is 14.3 Å². The molecule has 0 bridgehead atoms. The summed E-state index contributed by atoms with van der Waals surface area (Å²) in [6.07, 6.45) is 11.3. The van der Waals surface area contributed by atoms with Crippen LogP contribution in [0.25, 0.3) is 11.1 Å². The minimum absolute atomic E-state index is 0.0641. The first-order valence-corrected chi connectivity index (χ1v) is 16.4. The summed E-state index contributed by atoms with van der Waals surface area (Å²) >= 11 is 0. The SMILES string of the molecule is CN1CCN(c2ccc3nc(CC(NC(=O)c4cc(C5CCCCC5)nn4C4CCCCC4)C(=O)NCC#N)oc3c2)CC1. The molecule has 0 spiro atoms. The highest BCUT2D eigenvalue weighted by atomic mass is 16.3. The number of fused-ring (bicyclic) bond motifs is 1. The maximum absolute atomic E-state index is 13.9. The van der Waals surface area contributed by atoms with Crippen molar-refractivity contribution in [3.63, 3.8) is 0 Å². The lowest BCUT2D eigenvalue weighted by atomic mass is 9.87. The third kappa shape index (κ3) is 6.91. The van der Waals surface area contributed by atoms with Crippen LogP contribution in [0.4, 0.5) is 5.69 Å². The van der Waals surface area contributed by atoms with Crippen LogP contribution in [-0.4, -0.2) is 77.3 Å². The van der Waals surface area contributed by atoms with Gasteiger partial charge >= 0.3 is 0 Å². The van der Waals surface area contributed by atoms with Crippen LogP contribution in [-0.2, 0) is 11.2 Å². The summed E-state index contributed by atoms with van der Waals surface area (Å²) in [6, 6.07) is 9.10. The smallest absolute Gasteiger partial charge is 0.270 e. The van der Waals surface area contributed by atoms with Crippen LogP contribution in [0, 0.1) is 11.3 Å². The van der Waals surface area contributed by atoms with E-state index in [9.17, 15) is 9.59 Å². The fraction of sp³-hybridized carbons (Fsp3) is 0.606. The highest BCUT2D eigenvalue weighted by Gasteiger charge is 2.30. The maximum Gasteiger partial charge on any atom is 0.270 e. The molecule has 2 saturated carbocycles. The van der Waals surface area contributed by atoms with Gasteiger partial charge in [0.15, 0.2) is 11.5 Å². The summed E-state index contributed by atoms with van der Waals surface area (Å²) in [5, 5.41) is 19.7. The quantitative estimate of drug-likeness (QED) is 0.347. The van der Waals surface area contributed by atoms with Crippen LogP contribution < -0.4 is 15.5 Å². The van der Waals surface area contributed by atoms with Gasteiger partial charge in [-0.05, 0) is 50.9 Å². The van der Waals surface area contributed by atoms with E-state index < -0.39 is 11.9 Å². The number of piperazine rings is 1. The van der Waals surface area contributed by atoms with E-state index in [1.807, 2.05) is 29.0 Å². The highest BCUT2D eigenvalue weighted by Crippen LogP contribution is 2.35. The summed E-state index contributed by atoms with van der Waals surface area (Å²) in [5.74, 6) is -0.0609. The number of anilines is 1. The molecule has 3 heterocycles. The van der Waals surface area contributed by atoms with Crippen LogP contribution in [0.5, 0.6) is 0 Å². The third-order valence-electron chi connectivity index (χ3n) is 9.56. The first-order valence-electron chi connectivity index (χ1n) is 16.4. The van der Waals surface area contributed by atoms with E-state index in [-0.39, 0.29) is 24.9 Å². The molecule has 1 aliphatic heterocycles. The first kappa shape index (κ1) is 30.1. The molecule has 11 heteroatoms. The minimum atomic E-state index is -0.964. The number of aromatic nitrogens is 3. The number of nitrogens with zero attached hydrogens (tertiary/aromatic N) is 6. The Morgan fingerprint density at radius 3 is 2.48 bits per heavy atom. The Kier molecular flexibility index (Phi) is 9.45. The number of amides is 2. The van der Waals surface area contributed by atoms with Gasteiger partial charge in [0.25, 0.3) is 5.91 Å². The van der Waals surface area contributed by atoms with Gasteiger partial charge in [-0.15, -0.1) is 0 Å². The van der Waals surface area contributed by atoms with Crippen molar-refractivity contribution in [2.75, 3.05) is 44.7 Å². The number of oxazole rings is 1. The molecule has 1 saturated heterocycles. The van der Waals surface area contributed by atoms with Crippen molar-refractivity contribution in [1.29, 1.82) is 5.26 Å². The summed E-state index contributed by atoms with van der Waals surface area (Å²) in [7, 11) is 2.13. The van der Waals surface area contributed by atoms with E-state index >= 15 is 0 Å². The Hall–Kier alpha value is -3.91. The van der Waals surface area contributed by atoms with Crippen molar-refractivity contribution >= 4 is 28.6 Å². The third-order valence-corrected chi connectivity index (χ3v) is 9.56. The molecule has 0 radical (unpaired) electrons. The molecular formula is C33H44N8O3. The number of carbonyl (C=O) groups excluding carboxylic acids is 2. The van der Waals surface area contributed by atoms with Crippen molar-refractivity contribution in [2.24, 2.45) is 0 Å². The average Bonchev–Trinajstić information content (AvgIpc) is 3.69. The molecule has 3 aliphatic rings. The van der Waals surface area contributed by atoms with Gasteiger partial charge in [-0.2, -0.15) is 10.4 Å². The minimum Gasteiger partial charge on any atom is -0.441 e. The summed E-state index contributed by atoms with van der Waals surface area (Å²) < 4.78 is 8.07. The van der Waals surface area contributed by atoms with Gasteiger partial charge in [0.2, 0.25) is 5.91 Å². The van der Waals surface area contributed by atoms with Gasteiger partial charge in [0.05, 0.1) is 24.2 Å². The molecule has 234 valence electrons. The molecule has 3 fully saturated rings. The molecule has 2 aromatic heterocycles. The van der Waals surface area contributed by atoms with E-state index in [4.69, 9.17) is 14.8 Å². The molecule has 2 aliphatic carbocycles. The van der Waals surface area contributed by atoms with Crippen molar-refractivity contribution in [2.45, 2.75) is 88.6 Å². The van der Waals surface area contributed by atoms with E-state index in [0.717, 1.165) is 76.1 Å².